The molecule has 1 aliphatic rings. The number of hydrogen-bond donors (Lipinski definition) is 0. The average molecular weight is 331 g/mol. The van der Waals surface area contributed by atoms with Crippen molar-refractivity contribution < 1.29 is 9.21 Å². The summed E-state index contributed by atoms with van der Waals surface area (Å²) in [6.45, 7) is 1.12. The van der Waals surface area contributed by atoms with Crippen LogP contribution in [0.25, 0.3) is 0 Å². The fourth-order valence-electron chi connectivity index (χ4n) is 3.38. The van der Waals surface area contributed by atoms with Gasteiger partial charge in [-0.05, 0) is 35.6 Å². The van der Waals surface area contributed by atoms with Crippen LogP contribution >= 0.6 is 0 Å². The van der Waals surface area contributed by atoms with Crippen molar-refractivity contribution in [3.05, 3.63) is 95.9 Å². The van der Waals surface area contributed by atoms with Crippen LogP contribution in [0, 0.1) is 5.92 Å². The third kappa shape index (κ3) is 3.66. The second-order valence-electron chi connectivity index (χ2n) is 6.62. The molecule has 3 nitrogen and oxygen atoms in total. The van der Waals surface area contributed by atoms with Gasteiger partial charge < -0.3 is 9.32 Å². The van der Waals surface area contributed by atoms with Gasteiger partial charge in [-0.25, -0.2) is 0 Å². The first-order valence-electron chi connectivity index (χ1n) is 8.71. The number of hydrogen-bond acceptors (Lipinski definition) is 2. The summed E-state index contributed by atoms with van der Waals surface area (Å²) in [6, 6.07) is 24.3. The molecular formula is C22H21NO2. The molecule has 25 heavy (non-hydrogen) atoms. The Labute approximate surface area is 147 Å². The minimum atomic E-state index is 0.0843. The SMILES string of the molecule is O=C([C@H]1C[C@H]1c1ccccc1)N(Cc1ccccc1)Cc1ccco1. The number of carbonyl (C=O) groups excluding carboxylic acids is 1. The van der Waals surface area contributed by atoms with E-state index < -0.39 is 0 Å². The molecule has 1 aromatic heterocycles. The van der Waals surface area contributed by atoms with E-state index in [1.54, 1.807) is 6.26 Å². The smallest absolute Gasteiger partial charge is 0.227 e. The van der Waals surface area contributed by atoms with Gasteiger partial charge in [0, 0.05) is 12.5 Å². The average Bonchev–Trinajstić information content (AvgIpc) is 3.30. The summed E-state index contributed by atoms with van der Waals surface area (Å²) in [6.07, 6.45) is 2.59. The Kier molecular flexibility index (Phi) is 4.38. The first-order chi connectivity index (χ1) is 12.3. The highest BCUT2D eigenvalue weighted by Crippen LogP contribution is 2.48. The Hall–Kier alpha value is -2.81. The van der Waals surface area contributed by atoms with Gasteiger partial charge in [-0.3, -0.25) is 4.79 Å². The maximum absolute atomic E-state index is 13.1. The molecule has 0 N–H and O–H groups in total. The molecule has 1 saturated carbocycles. The van der Waals surface area contributed by atoms with Gasteiger partial charge in [0.05, 0.1) is 12.8 Å². The maximum Gasteiger partial charge on any atom is 0.227 e. The van der Waals surface area contributed by atoms with Crippen LogP contribution in [0.3, 0.4) is 0 Å². The third-order valence-corrected chi connectivity index (χ3v) is 4.79. The maximum atomic E-state index is 13.1. The Morgan fingerprint density at radius 1 is 0.920 bits per heavy atom. The summed E-state index contributed by atoms with van der Waals surface area (Å²) < 4.78 is 5.47. The molecule has 0 radical (unpaired) electrons. The molecule has 0 spiro atoms. The molecule has 3 heteroatoms. The number of nitrogens with zero attached hydrogens (tertiary/aromatic N) is 1. The van der Waals surface area contributed by atoms with Crippen molar-refractivity contribution in [1.29, 1.82) is 0 Å². The lowest BCUT2D eigenvalue weighted by molar-refractivity contribution is -0.134. The predicted molar refractivity (Wildman–Crippen MR) is 96.7 cm³/mol. The van der Waals surface area contributed by atoms with Crippen molar-refractivity contribution in [2.75, 3.05) is 0 Å². The highest BCUT2D eigenvalue weighted by atomic mass is 16.3. The minimum absolute atomic E-state index is 0.0843. The Morgan fingerprint density at radius 2 is 1.64 bits per heavy atom. The number of rotatable bonds is 6. The van der Waals surface area contributed by atoms with E-state index in [-0.39, 0.29) is 11.8 Å². The molecule has 0 saturated heterocycles. The molecule has 2 aromatic carbocycles. The van der Waals surface area contributed by atoms with Gasteiger partial charge in [0.25, 0.3) is 0 Å². The van der Waals surface area contributed by atoms with Crippen LogP contribution in [0.2, 0.25) is 0 Å². The summed E-state index contributed by atoms with van der Waals surface area (Å²) in [5.74, 6) is 1.47. The zero-order valence-electron chi connectivity index (χ0n) is 14.0. The van der Waals surface area contributed by atoms with E-state index in [0.717, 1.165) is 17.7 Å². The van der Waals surface area contributed by atoms with E-state index >= 15 is 0 Å². The molecule has 0 aliphatic heterocycles. The van der Waals surface area contributed by atoms with Crippen molar-refractivity contribution in [2.24, 2.45) is 5.92 Å². The van der Waals surface area contributed by atoms with Crippen LogP contribution in [0.15, 0.2) is 83.5 Å². The number of furan rings is 1. The summed E-state index contributed by atoms with van der Waals surface area (Å²) in [5.41, 5.74) is 2.40. The zero-order valence-corrected chi connectivity index (χ0v) is 14.0. The molecule has 2 atom stereocenters. The quantitative estimate of drug-likeness (QED) is 0.661. The first-order valence-corrected chi connectivity index (χ1v) is 8.71. The van der Waals surface area contributed by atoms with E-state index in [1.165, 1.54) is 5.56 Å². The van der Waals surface area contributed by atoms with Gasteiger partial charge in [0.2, 0.25) is 5.91 Å². The Bertz CT molecular complexity index is 812. The Balaban J connectivity index is 1.50. The van der Waals surface area contributed by atoms with Crippen molar-refractivity contribution in [1.82, 2.24) is 4.90 Å². The summed E-state index contributed by atoms with van der Waals surface area (Å²) >= 11 is 0. The summed E-state index contributed by atoms with van der Waals surface area (Å²) in [5, 5.41) is 0. The van der Waals surface area contributed by atoms with E-state index in [0.29, 0.717) is 19.0 Å². The second-order valence-corrected chi connectivity index (χ2v) is 6.62. The first kappa shape index (κ1) is 15.7. The molecule has 3 aromatic rings. The molecule has 1 amide bonds. The molecule has 4 rings (SSSR count). The summed E-state index contributed by atoms with van der Waals surface area (Å²) in [4.78, 5) is 15.0. The van der Waals surface area contributed by atoms with Crippen molar-refractivity contribution in [2.45, 2.75) is 25.4 Å². The standard InChI is InChI=1S/C22H21NO2/c24-22(21-14-20(21)18-10-5-2-6-11-18)23(16-19-12-7-13-25-19)15-17-8-3-1-4-9-17/h1-13,20-21H,14-16H2/t20-,21-/m0/s1. The molecule has 1 aliphatic carbocycles. The normalized spacial score (nSPS) is 18.7. The van der Waals surface area contributed by atoms with Gasteiger partial charge in [-0.15, -0.1) is 0 Å². The number of benzene rings is 2. The zero-order chi connectivity index (χ0) is 17.1. The van der Waals surface area contributed by atoms with Crippen molar-refractivity contribution in [3.8, 4) is 0 Å². The van der Waals surface area contributed by atoms with Crippen molar-refractivity contribution in [3.63, 3.8) is 0 Å². The van der Waals surface area contributed by atoms with Gasteiger partial charge in [-0.2, -0.15) is 0 Å². The monoisotopic (exact) mass is 331 g/mol. The lowest BCUT2D eigenvalue weighted by Gasteiger charge is -2.22. The molecular weight excluding hydrogens is 310 g/mol. The van der Waals surface area contributed by atoms with Crippen LogP contribution in [-0.4, -0.2) is 10.8 Å². The van der Waals surface area contributed by atoms with E-state index in [9.17, 15) is 4.79 Å². The van der Waals surface area contributed by atoms with E-state index in [4.69, 9.17) is 4.42 Å². The van der Waals surface area contributed by atoms with Gasteiger partial charge in [0.15, 0.2) is 0 Å². The van der Waals surface area contributed by atoms with E-state index in [1.807, 2.05) is 53.4 Å². The Morgan fingerprint density at radius 3 is 2.32 bits per heavy atom. The van der Waals surface area contributed by atoms with Crippen LogP contribution in [0.5, 0.6) is 0 Å². The van der Waals surface area contributed by atoms with Crippen LogP contribution < -0.4 is 0 Å². The number of amides is 1. The largest absolute Gasteiger partial charge is 0.467 e. The van der Waals surface area contributed by atoms with Crippen LogP contribution in [-0.2, 0) is 17.9 Å². The van der Waals surface area contributed by atoms with Crippen LogP contribution in [0.1, 0.15) is 29.2 Å². The molecule has 1 heterocycles. The van der Waals surface area contributed by atoms with Crippen LogP contribution in [0.4, 0.5) is 0 Å². The molecule has 0 bridgehead atoms. The highest BCUT2D eigenvalue weighted by Gasteiger charge is 2.45. The van der Waals surface area contributed by atoms with Gasteiger partial charge >= 0.3 is 0 Å². The molecule has 1 fully saturated rings. The second kappa shape index (κ2) is 6.98. The molecule has 126 valence electrons. The summed E-state index contributed by atoms with van der Waals surface area (Å²) in [7, 11) is 0. The van der Waals surface area contributed by atoms with E-state index in [2.05, 4.69) is 24.3 Å². The van der Waals surface area contributed by atoms with Gasteiger partial charge in [-0.1, -0.05) is 60.7 Å². The predicted octanol–water partition coefficient (Wildman–Crippen LogP) is 4.61. The minimum Gasteiger partial charge on any atom is -0.467 e. The van der Waals surface area contributed by atoms with Crippen molar-refractivity contribution >= 4 is 5.91 Å². The fraction of sp³-hybridized carbons (Fsp3) is 0.227. The number of carbonyl (C=O) groups is 1. The lowest BCUT2D eigenvalue weighted by Crippen LogP contribution is -2.31. The highest BCUT2D eigenvalue weighted by molar-refractivity contribution is 5.83. The fourth-order valence-corrected chi connectivity index (χ4v) is 3.38. The van der Waals surface area contributed by atoms with Gasteiger partial charge in [0.1, 0.15) is 5.76 Å². The topological polar surface area (TPSA) is 33.5 Å². The third-order valence-electron chi connectivity index (χ3n) is 4.79. The lowest BCUT2D eigenvalue weighted by atomic mass is 10.1. The molecule has 0 unspecified atom stereocenters.